The number of carbonyl (C=O) groups excluding carboxylic acids is 3. The van der Waals surface area contributed by atoms with E-state index in [9.17, 15) is 22.8 Å². The summed E-state index contributed by atoms with van der Waals surface area (Å²) < 4.78 is 40.2. The van der Waals surface area contributed by atoms with Gasteiger partial charge < -0.3 is 19.7 Å². The Morgan fingerprint density at radius 1 is 1.12 bits per heavy atom. The summed E-state index contributed by atoms with van der Waals surface area (Å²) in [5.74, 6) is -0.209. The molecule has 2 N–H and O–H groups in total. The van der Waals surface area contributed by atoms with Gasteiger partial charge in [-0.25, -0.2) is 18.4 Å². The van der Waals surface area contributed by atoms with Crippen molar-refractivity contribution in [1.29, 1.82) is 0 Å². The molecule has 0 radical (unpaired) electrons. The second kappa shape index (κ2) is 14.4. The first-order valence-electron chi connectivity index (χ1n) is 18.3. The lowest BCUT2D eigenvalue weighted by atomic mass is 10.1. The van der Waals surface area contributed by atoms with Crippen molar-refractivity contribution in [3.63, 3.8) is 0 Å². The first-order valence-corrected chi connectivity index (χ1v) is 20.8. The second-order valence-electron chi connectivity index (χ2n) is 14.9. The summed E-state index contributed by atoms with van der Waals surface area (Å²) in [5, 5.41) is 5.91. The predicted molar refractivity (Wildman–Crippen MR) is 199 cm³/mol. The standard InChI is InChI=1S/C38H47N5O7S2/c1-22(2)29-21-51-36(40-29)28-18-32(27-15-16-31(49-4)23(3)34(27)39-28)50-25-17-30-35(45)41-38(37(46)42-52(47,48)26-13-14-26)19-24(38)11-9-7-5-6-8-10-12-33(44)43(30)20-25/h9,11,15-16,18,21-22,24-26,30H,5-8,10,12-14,17,19-20H2,1-4H3,(H,41,45)(H,42,46)/b11-9-/t24-,25?,30+,38-/m1/s1. The lowest BCUT2D eigenvalue weighted by Crippen LogP contribution is -2.56. The van der Waals surface area contributed by atoms with Crippen molar-refractivity contribution >= 4 is 50.0 Å². The molecule has 12 nitrogen and oxygen atoms in total. The minimum absolute atomic E-state index is 0.147. The lowest BCUT2D eigenvalue weighted by molar-refractivity contribution is -0.139. The Hall–Kier alpha value is -4.04. The van der Waals surface area contributed by atoms with E-state index in [1.54, 1.807) is 12.0 Å². The van der Waals surface area contributed by atoms with Gasteiger partial charge in [0.2, 0.25) is 21.8 Å². The predicted octanol–water partition coefficient (Wildman–Crippen LogP) is 5.54. The van der Waals surface area contributed by atoms with Gasteiger partial charge in [-0.05, 0) is 63.5 Å². The molecule has 2 aliphatic heterocycles. The number of hydrogen-bond acceptors (Lipinski definition) is 10. The normalized spacial score (nSPS) is 26.2. The fraction of sp³-hybridized carbons (Fsp3) is 0.553. The van der Waals surface area contributed by atoms with Crippen LogP contribution in [0.15, 0.2) is 35.7 Å². The molecule has 1 saturated heterocycles. The Bertz CT molecular complexity index is 2020. The number of carbonyl (C=O) groups is 3. The molecule has 4 aliphatic rings. The van der Waals surface area contributed by atoms with Crippen LogP contribution in [0.4, 0.5) is 0 Å². The van der Waals surface area contributed by atoms with E-state index in [1.165, 1.54) is 11.3 Å². The third-order valence-electron chi connectivity index (χ3n) is 10.7. The molecule has 2 saturated carbocycles. The number of aromatic nitrogens is 2. The third-order valence-corrected chi connectivity index (χ3v) is 13.4. The Balaban J connectivity index is 1.20. The zero-order chi connectivity index (χ0) is 36.8. The van der Waals surface area contributed by atoms with E-state index in [4.69, 9.17) is 19.4 Å². The van der Waals surface area contributed by atoms with E-state index in [2.05, 4.69) is 23.9 Å². The highest BCUT2D eigenvalue weighted by Crippen LogP contribution is 2.46. The maximum atomic E-state index is 14.2. The summed E-state index contributed by atoms with van der Waals surface area (Å²) in [6.45, 7) is 6.31. The molecule has 7 rings (SSSR count). The van der Waals surface area contributed by atoms with Gasteiger partial charge in [-0.3, -0.25) is 19.1 Å². The van der Waals surface area contributed by atoms with Gasteiger partial charge in [-0.1, -0.05) is 38.8 Å². The van der Waals surface area contributed by atoms with Crippen LogP contribution in [-0.2, 0) is 24.4 Å². The SMILES string of the molecule is COc1ccc2c(OC3C[C@H]4C(=O)N[C@]5(C(=O)NS(=O)(=O)C6CC6)C[C@H]5/C=C\CCCCCCC(=O)N4C3)cc(-c3nc(C(C)C)cs3)nc2c1C. The molecule has 14 heteroatoms. The van der Waals surface area contributed by atoms with Gasteiger partial charge in [0.15, 0.2) is 0 Å². The zero-order valence-electron chi connectivity index (χ0n) is 30.1. The summed E-state index contributed by atoms with van der Waals surface area (Å²) in [6, 6.07) is 4.74. The Kier molecular flexibility index (Phi) is 10.1. The molecule has 2 aromatic heterocycles. The summed E-state index contributed by atoms with van der Waals surface area (Å²) in [4.78, 5) is 53.0. The van der Waals surface area contributed by atoms with E-state index in [0.29, 0.717) is 48.4 Å². The molecule has 2 aliphatic carbocycles. The van der Waals surface area contributed by atoms with E-state index in [1.807, 2.05) is 42.7 Å². The molecular formula is C38H47N5O7S2. The Morgan fingerprint density at radius 3 is 2.63 bits per heavy atom. The highest BCUT2D eigenvalue weighted by atomic mass is 32.2. The van der Waals surface area contributed by atoms with Crippen molar-refractivity contribution in [2.45, 2.75) is 114 Å². The van der Waals surface area contributed by atoms with E-state index in [0.717, 1.165) is 47.3 Å². The van der Waals surface area contributed by atoms with E-state index < -0.39 is 44.8 Å². The fourth-order valence-corrected chi connectivity index (χ4v) is 9.63. The molecule has 278 valence electrons. The number of amides is 3. The van der Waals surface area contributed by atoms with Gasteiger partial charge in [0.25, 0.3) is 5.91 Å². The first kappa shape index (κ1) is 36.3. The highest BCUT2D eigenvalue weighted by molar-refractivity contribution is 7.91. The molecule has 1 unspecified atom stereocenters. The molecule has 3 amide bonds. The quantitative estimate of drug-likeness (QED) is 0.282. The van der Waals surface area contributed by atoms with Crippen molar-refractivity contribution in [3.8, 4) is 22.2 Å². The topological polar surface area (TPSA) is 157 Å². The fourth-order valence-electron chi connectivity index (χ4n) is 7.33. The number of benzene rings is 1. The number of allylic oxidation sites excluding steroid dienone is 1. The highest BCUT2D eigenvalue weighted by Gasteiger charge is 2.62. The number of nitrogens with one attached hydrogen (secondary N) is 2. The van der Waals surface area contributed by atoms with Gasteiger partial charge in [0.1, 0.15) is 39.9 Å². The number of thiazole rings is 1. The average Bonchev–Trinajstić information content (AvgIpc) is 3.98. The number of pyridine rings is 1. The molecule has 3 fully saturated rings. The molecule has 0 spiro atoms. The van der Waals surface area contributed by atoms with Gasteiger partial charge >= 0.3 is 0 Å². The monoisotopic (exact) mass is 749 g/mol. The Morgan fingerprint density at radius 2 is 1.90 bits per heavy atom. The number of rotatable bonds is 8. The van der Waals surface area contributed by atoms with Crippen molar-refractivity contribution < 1.29 is 32.3 Å². The molecule has 4 heterocycles. The average molecular weight is 750 g/mol. The summed E-state index contributed by atoms with van der Waals surface area (Å²) in [6.07, 6.45) is 9.48. The van der Waals surface area contributed by atoms with Crippen molar-refractivity contribution in [2.24, 2.45) is 5.92 Å². The van der Waals surface area contributed by atoms with Crippen molar-refractivity contribution in [2.75, 3.05) is 13.7 Å². The molecular weight excluding hydrogens is 703 g/mol. The van der Waals surface area contributed by atoms with Crippen LogP contribution in [0.5, 0.6) is 11.5 Å². The number of nitrogens with zero attached hydrogens (tertiary/aromatic N) is 3. The number of ether oxygens (including phenoxy) is 2. The maximum Gasteiger partial charge on any atom is 0.259 e. The molecule has 3 aromatic rings. The summed E-state index contributed by atoms with van der Waals surface area (Å²) >= 11 is 1.51. The minimum Gasteiger partial charge on any atom is -0.496 e. The molecule has 1 aromatic carbocycles. The maximum absolute atomic E-state index is 14.2. The van der Waals surface area contributed by atoms with Crippen LogP contribution in [-0.4, -0.2) is 77.6 Å². The number of fused-ring (bicyclic) bond motifs is 3. The largest absolute Gasteiger partial charge is 0.496 e. The van der Waals surface area contributed by atoms with E-state index in [-0.39, 0.29) is 37.1 Å². The van der Waals surface area contributed by atoms with Crippen molar-refractivity contribution in [1.82, 2.24) is 24.9 Å². The van der Waals surface area contributed by atoms with Gasteiger partial charge in [0, 0.05) is 41.2 Å². The summed E-state index contributed by atoms with van der Waals surface area (Å²) in [5.41, 5.74) is 1.78. The van der Waals surface area contributed by atoms with Crippen LogP contribution < -0.4 is 19.5 Å². The zero-order valence-corrected chi connectivity index (χ0v) is 31.8. The van der Waals surface area contributed by atoms with Crippen LogP contribution in [0.1, 0.15) is 95.2 Å². The Labute approximate surface area is 308 Å². The summed E-state index contributed by atoms with van der Waals surface area (Å²) in [7, 11) is -2.21. The molecule has 52 heavy (non-hydrogen) atoms. The van der Waals surface area contributed by atoms with Crippen LogP contribution in [0.25, 0.3) is 21.6 Å². The number of methoxy groups -OCH3 is 1. The van der Waals surface area contributed by atoms with Crippen LogP contribution in [0.3, 0.4) is 0 Å². The second-order valence-corrected chi connectivity index (χ2v) is 17.7. The van der Waals surface area contributed by atoms with Gasteiger partial charge in [-0.15, -0.1) is 11.3 Å². The van der Waals surface area contributed by atoms with Crippen molar-refractivity contribution in [3.05, 3.63) is 47.0 Å². The molecule has 4 atom stereocenters. The smallest absolute Gasteiger partial charge is 0.259 e. The minimum atomic E-state index is -3.83. The van der Waals surface area contributed by atoms with Gasteiger partial charge in [-0.2, -0.15) is 0 Å². The lowest BCUT2D eigenvalue weighted by Gasteiger charge is -2.26. The van der Waals surface area contributed by atoms with Crippen LogP contribution in [0, 0.1) is 12.8 Å². The van der Waals surface area contributed by atoms with Crippen LogP contribution in [0.2, 0.25) is 0 Å². The van der Waals surface area contributed by atoms with E-state index >= 15 is 0 Å². The third kappa shape index (κ3) is 7.28. The van der Waals surface area contributed by atoms with Crippen LogP contribution >= 0.6 is 11.3 Å². The number of hydrogen-bond donors (Lipinski definition) is 2. The first-order chi connectivity index (χ1) is 24.9. The number of aryl methyl sites for hydroxylation is 1. The molecule has 0 bridgehead atoms. The number of sulfonamides is 1. The van der Waals surface area contributed by atoms with Gasteiger partial charge in [0.05, 0.1) is 30.1 Å².